The van der Waals surface area contributed by atoms with Crippen molar-refractivity contribution >= 4 is 0 Å². The summed E-state index contributed by atoms with van der Waals surface area (Å²) in [7, 11) is 0. The number of likely N-dealkylation sites (tertiary alicyclic amines) is 1. The van der Waals surface area contributed by atoms with Gasteiger partial charge in [-0.15, -0.1) is 5.10 Å². The molecule has 1 atom stereocenters. The summed E-state index contributed by atoms with van der Waals surface area (Å²) < 4.78 is 21.5. The van der Waals surface area contributed by atoms with Gasteiger partial charge in [-0.25, -0.2) is 14.1 Å². The van der Waals surface area contributed by atoms with Crippen LogP contribution in [0.25, 0.3) is 0 Å². The van der Waals surface area contributed by atoms with E-state index in [1.807, 2.05) is 29.1 Å². The Morgan fingerprint density at radius 3 is 2.85 bits per heavy atom. The summed E-state index contributed by atoms with van der Waals surface area (Å²) in [6.45, 7) is 3.14. The Kier molecular flexibility index (Phi) is 5.39. The molecule has 0 N–H and O–H groups in total. The molecule has 7 heteroatoms. The Bertz CT molecular complexity index is 870. The van der Waals surface area contributed by atoms with E-state index in [9.17, 15) is 4.39 Å². The average molecular weight is 367 g/mol. The highest BCUT2D eigenvalue weighted by molar-refractivity contribution is 5.16. The lowest BCUT2D eigenvalue weighted by Gasteiger charge is -2.32. The molecule has 1 unspecified atom stereocenters. The number of rotatable bonds is 6. The van der Waals surface area contributed by atoms with Gasteiger partial charge in [-0.3, -0.25) is 4.90 Å². The molecule has 3 heterocycles. The van der Waals surface area contributed by atoms with E-state index in [1.165, 1.54) is 11.6 Å². The van der Waals surface area contributed by atoms with Crippen LogP contribution in [0.15, 0.2) is 54.9 Å². The molecule has 0 aliphatic carbocycles. The Hall–Kier alpha value is -2.80. The van der Waals surface area contributed by atoms with Crippen molar-refractivity contribution in [3.63, 3.8) is 0 Å². The predicted molar refractivity (Wildman–Crippen MR) is 98.7 cm³/mol. The summed E-state index contributed by atoms with van der Waals surface area (Å²) in [6.07, 6.45) is 5.19. The van der Waals surface area contributed by atoms with Gasteiger partial charge in [-0.1, -0.05) is 35.5 Å². The molecule has 1 fully saturated rings. The second-order valence-electron chi connectivity index (χ2n) is 6.78. The minimum atomic E-state index is -0.417. The van der Waals surface area contributed by atoms with E-state index in [2.05, 4.69) is 32.3 Å². The number of hydrogen-bond acceptors (Lipinski definition) is 5. The van der Waals surface area contributed by atoms with Crippen LogP contribution in [-0.2, 0) is 13.1 Å². The lowest BCUT2D eigenvalue weighted by atomic mass is 10.1. The van der Waals surface area contributed by atoms with E-state index in [0.717, 1.165) is 38.2 Å². The molecule has 0 radical (unpaired) electrons. The van der Waals surface area contributed by atoms with Crippen molar-refractivity contribution in [2.45, 2.75) is 32.0 Å². The number of aromatic nitrogens is 4. The van der Waals surface area contributed by atoms with Crippen LogP contribution in [0, 0.1) is 5.82 Å². The fraction of sp³-hybridized carbons (Fsp3) is 0.350. The van der Waals surface area contributed by atoms with Crippen molar-refractivity contribution in [3.05, 3.63) is 71.9 Å². The summed E-state index contributed by atoms with van der Waals surface area (Å²) in [4.78, 5) is 6.30. The topological polar surface area (TPSA) is 56.1 Å². The molecule has 3 aromatic rings. The molecule has 4 rings (SSSR count). The van der Waals surface area contributed by atoms with E-state index in [4.69, 9.17) is 4.74 Å². The highest BCUT2D eigenvalue weighted by atomic mass is 19.1. The van der Waals surface area contributed by atoms with Crippen molar-refractivity contribution in [1.82, 2.24) is 24.9 Å². The van der Waals surface area contributed by atoms with Crippen LogP contribution < -0.4 is 4.74 Å². The zero-order chi connectivity index (χ0) is 18.5. The van der Waals surface area contributed by atoms with E-state index >= 15 is 0 Å². The van der Waals surface area contributed by atoms with Gasteiger partial charge in [0.05, 0.1) is 18.4 Å². The lowest BCUT2D eigenvalue weighted by Crippen LogP contribution is -2.41. The summed E-state index contributed by atoms with van der Waals surface area (Å²) in [5.74, 6) is -0.333. The van der Waals surface area contributed by atoms with Gasteiger partial charge in [-0.2, -0.15) is 0 Å². The molecule has 1 aromatic carbocycles. The fourth-order valence-corrected chi connectivity index (χ4v) is 3.39. The maximum atomic E-state index is 13.8. The van der Waals surface area contributed by atoms with Gasteiger partial charge in [0.25, 0.3) is 5.88 Å². The molecule has 6 nitrogen and oxygen atoms in total. The highest BCUT2D eigenvalue weighted by Gasteiger charge is 2.23. The average Bonchev–Trinajstić information content (AvgIpc) is 3.11. The van der Waals surface area contributed by atoms with E-state index < -0.39 is 5.82 Å². The first-order valence-corrected chi connectivity index (χ1v) is 9.19. The maximum absolute atomic E-state index is 13.8. The van der Waals surface area contributed by atoms with Crippen molar-refractivity contribution in [1.29, 1.82) is 0 Å². The minimum Gasteiger partial charge on any atom is -0.471 e. The standard InChI is InChI=1S/C20H22FN5O/c21-19-9-4-10-22-20(19)27-18-8-5-11-25(15-18)14-17-12-23-24-26(17)13-16-6-2-1-3-7-16/h1-4,6-7,9-10,12,18H,5,8,11,13-15H2. The van der Waals surface area contributed by atoms with Gasteiger partial charge in [0.1, 0.15) is 6.10 Å². The van der Waals surface area contributed by atoms with Crippen LogP contribution in [0.3, 0.4) is 0 Å². The number of nitrogens with zero attached hydrogens (tertiary/aromatic N) is 5. The Balaban J connectivity index is 1.39. The fourth-order valence-electron chi connectivity index (χ4n) is 3.39. The zero-order valence-electron chi connectivity index (χ0n) is 15.0. The number of piperidine rings is 1. The lowest BCUT2D eigenvalue weighted by molar-refractivity contribution is 0.0760. The van der Waals surface area contributed by atoms with E-state index in [-0.39, 0.29) is 12.0 Å². The number of halogens is 1. The summed E-state index contributed by atoms with van der Waals surface area (Å²) in [6, 6.07) is 13.1. The van der Waals surface area contributed by atoms with E-state index in [1.54, 1.807) is 12.3 Å². The van der Waals surface area contributed by atoms with Gasteiger partial charge >= 0.3 is 0 Å². The monoisotopic (exact) mass is 367 g/mol. The molecule has 1 aliphatic heterocycles. The van der Waals surface area contributed by atoms with Crippen LogP contribution in [-0.4, -0.2) is 44.1 Å². The molecule has 0 amide bonds. The summed E-state index contributed by atoms with van der Waals surface area (Å²) in [5, 5.41) is 8.30. The second kappa shape index (κ2) is 8.26. The zero-order valence-corrected chi connectivity index (χ0v) is 15.0. The van der Waals surface area contributed by atoms with Crippen LogP contribution in [0.1, 0.15) is 24.1 Å². The molecular formula is C20H22FN5O. The van der Waals surface area contributed by atoms with Crippen molar-refractivity contribution in [3.8, 4) is 5.88 Å². The van der Waals surface area contributed by atoms with Crippen LogP contribution in [0.5, 0.6) is 5.88 Å². The molecule has 27 heavy (non-hydrogen) atoms. The van der Waals surface area contributed by atoms with Gasteiger partial charge < -0.3 is 4.74 Å². The third-order valence-corrected chi connectivity index (χ3v) is 4.72. The van der Waals surface area contributed by atoms with Crippen LogP contribution in [0.2, 0.25) is 0 Å². The van der Waals surface area contributed by atoms with Crippen LogP contribution in [0.4, 0.5) is 4.39 Å². The minimum absolute atomic E-state index is 0.0680. The number of benzene rings is 1. The quantitative estimate of drug-likeness (QED) is 0.671. The normalized spacial score (nSPS) is 17.7. The SMILES string of the molecule is Fc1cccnc1OC1CCCN(Cc2cnnn2Cc2ccccc2)C1. The van der Waals surface area contributed by atoms with Crippen LogP contribution >= 0.6 is 0 Å². The first-order chi connectivity index (χ1) is 13.3. The molecule has 0 saturated carbocycles. The van der Waals surface area contributed by atoms with Crippen molar-refractivity contribution < 1.29 is 9.13 Å². The molecule has 0 spiro atoms. The summed E-state index contributed by atoms with van der Waals surface area (Å²) in [5.41, 5.74) is 2.25. The number of hydrogen-bond donors (Lipinski definition) is 0. The molecule has 1 aliphatic rings. The molecule has 0 bridgehead atoms. The molecule has 1 saturated heterocycles. The second-order valence-corrected chi connectivity index (χ2v) is 6.78. The predicted octanol–water partition coefficient (Wildman–Crippen LogP) is 2.90. The smallest absolute Gasteiger partial charge is 0.250 e. The molecule has 140 valence electrons. The maximum Gasteiger partial charge on any atom is 0.250 e. The van der Waals surface area contributed by atoms with Crippen molar-refractivity contribution in [2.24, 2.45) is 0 Å². The van der Waals surface area contributed by atoms with Crippen molar-refractivity contribution in [2.75, 3.05) is 13.1 Å². The molecular weight excluding hydrogens is 345 g/mol. The van der Waals surface area contributed by atoms with Gasteiger partial charge in [0.2, 0.25) is 0 Å². The number of ether oxygens (including phenoxy) is 1. The Labute approximate surface area is 157 Å². The third-order valence-electron chi connectivity index (χ3n) is 4.72. The first-order valence-electron chi connectivity index (χ1n) is 9.19. The van der Waals surface area contributed by atoms with Gasteiger partial charge in [0.15, 0.2) is 5.82 Å². The highest BCUT2D eigenvalue weighted by Crippen LogP contribution is 2.20. The number of pyridine rings is 1. The third kappa shape index (κ3) is 4.49. The Morgan fingerprint density at radius 2 is 2.00 bits per heavy atom. The first kappa shape index (κ1) is 17.6. The van der Waals surface area contributed by atoms with Gasteiger partial charge in [0, 0.05) is 19.3 Å². The van der Waals surface area contributed by atoms with Gasteiger partial charge in [-0.05, 0) is 37.1 Å². The molecule has 2 aromatic heterocycles. The van der Waals surface area contributed by atoms with E-state index in [0.29, 0.717) is 6.54 Å². The summed E-state index contributed by atoms with van der Waals surface area (Å²) >= 11 is 0. The largest absolute Gasteiger partial charge is 0.471 e. The Morgan fingerprint density at radius 1 is 1.11 bits per heavy atom.